The summed E-state index contributed by atoms with van der Waals surface area (Å²) >= 11 is 1.23. The lowest BCUT2D eigenvalue weighted by Gasteiger charge is -2.11. The van der Waals surface area contributed by atoms with E-state index in [-0.39, 0.29) is 5.88 Å². The van der Waals surface area contributed by atoms with Crippen molar-refractivity contribution in [2.45, 2.75) is 18.9 Å². The predicted molar refractivity (Wildman–Crippen MR) is 150 cm³/mol. The Morgan fingerprint density at radius 3 is 2.67 bits per heavy atom. The van der Waals surface area contributed by atoms with Gasteiger partial charge in [-0.15, -0.1) is 11.3 Å². The Morgan fingerprint density at radius 2 is 1.87 bits per heavy atom. The molecule has 8 nitrogen and oxygen atoms in total. The molecule has 1 aliphatic carbocycles. The molecule has 3 heterocycles. The molecule has 0 spiro atoms. The number of ether oxygens (including phenoxy) is 1. The summed E-state index contributed by atoms with van der Waals surface area (Å²) in [6.07, 6.45) is 3.75. The molecule has 0 bridgehead atoms. The van der Waals surface area contributed by atoms with Crippen molar-refractivity contribution >= 4 is 49.8 Å². The van der Waals surface area contributed by atoms with Crippen LogP contribution in [0.4, 0.5) is 11.6 Å². The summed E-state index contributed by atoms with van der Waals surface area (Å²) in [4.78, 5) is 10.1. The maximum absolute atomic E-state index is 13.3. The molecule has 6 aromatic rings. The molecular weight excluding hydrogens is 510 g/mol. The lowest BCUT2D eigenvalue weighted by atomic mass is 9.97. The molecule has 1 saturated carbocycles. The van der Waals surface area contributed by atoms with Crippen LogP contribution in [0.2, 0.25) is 0 Å². The van der Waals surface area contributed by atoms with Gasteiger partial charge < -0.3 is 15.6 Å². The molecule has 7 rings (SSSR count). The monoisotopic (exact) mass is 533 g/mol. The van der Waals surface area contributed by atoms with Crippen LogP contribution in [-0.2, 0) is 0 Å². The van der Waals surface area contributed by atoms with E-state index in [1.54, 1.807) is 18.0 Å². The first kappa shape index (κ1) is 23.4. The van der Waals surface area contributed by atoms with E-state index in [4.69, 9.17) is 20.0 Å². The Kier molecular flexibility index (Phi) is 5.52. The third-order valence-corrected chi connectivity index (χ3v) is 8.05. The van der Waals surface area contributed by atoms with Gasteiger partial charge in [0.05, 0.1) is 23.4 Å². The van der Waals surface area contributed by atoms with E-state index in [0.29, 0.717) is 21.4 Å². The Bertz CT molecular complexity index is 1880. The number of fused-ring (bicyclic) bond motifs is 2. The maximum Gasteiger partial charge on any atom is 0.320 e. The first-order valence-electron chi connectivity index (χ1n) is 12.6. The fourth-order valence-corrected chi connectivity index (χ4v) is 5.83. The van der Waals surface area contributed by atoms with Crippen LogP contribution in [0, 0.1) is 0 Å². The first-order valence-corrected chi connectivity index (χ1v) is 13.4. The van der Waals surface area contributed by atoms with Crippen LogP contribution >= 0.6 is 11.3 Å². The smallest absolute Gasteiger partial charge is 0.320 e. The van der Waals surface area contributed by atoms with Crippen molar-refractivity contribution in [2.75, 3.05) is 12.8 Å². The van der Waals surface area contributed by atoms with Crippen molar-refractivity contribution in [3.8, 4) is 28.1 Å². The molecule has 0 aliphatic heterocycles. The second-order valence-corrected chi connectivity index (χ2v) is 10.5. The van der Waals surface area contributed by atoms with E-state index in [0.717, 1.165) is 57.1 Å². The fourth-order valence-electron chi connectivity index (χ4n) is 4.83. The molecule has 3 aromatic carbocycles. The Balaban J connectivity index is 1.42. The topological polar surface area (TPSA) is 113 Å². The molecule has 0 radical (unpaired) electrons. The highest BCUT2D eigenvalue weighted by Crippen LogP contribution is 2.42. The Morgan fingerprint density at radius 1 is 1.08 bits per heavy atom. The van der Waals surface area contributed by atoms with Gasteiger partial charge in [0.15, 0.2) is 6.04 Å². The number of benzene rings is 3. The number of thiophene rings is 1. The summed E-state index contributed by atoms with van der Waals surface area (Å²) in [5.41, 5.74) is 10.6. The lowest BCUT2D eigenvalue weighted by molar-refractivity contribution is -0.765. The van der Waals surface area contributed by atoms with E-state index in [1.807, 2.05) is 48.5 Å². The van der Waals surface area contributed by atoms with E-state index >= 15 is 0 Å². The second kappa shape index (κ2) is 9.21. The number of hydrogen-bond donors (Lipinski definition) is 1. The van der Waals surface area contributed by atoms with Crippen LogP contribution in [0.15, 0.2) is 88.5 Å². The van der Waals surface area contributed by atoms with Crippen LogP contribution in [0.1, 0.15) is 23.8 Å². The number of aliphatic imine (C=N–C) groups is 1. The van der Waals surface area contributed by atoms with Crippen molar-refractivity contribution in [1.29, 1.82) is 0 Å². The zero-order valence-corrected chi connectivity index (χ0v) is 21.8. The van der Waals surface area contributed by atoms with E-state index in [1.165, 1.54) is 11.3 Å². The molecule has 192 valence electrons. The number of anilines is 1. The minimum atomic E-state index is -0.484. The van der Waals surface area contributed by atoms with Gasteiger partial charge in [-0.3, -0.25) is 4.52 Å². The number of nitrogen functional groups attached to an aromatic ring is 1. The van der Waals surface area contributed by atoms with Gasteiger partial charge in [0.1, 0.15) is 10.6 Å². The lowest BCUT2D eigenvalue weighted by Crippen LogP contribution is -2.32. The van der Waals surface area contributed by atoms with E-state index in [9.17, 15) is 5.11 Å². The maximum atomic E-state index is 13.3. The Hall–Kier alpha value is -4.76. The highest BCUT2D eigenvalue weighted by Gasteiger charge is 2.35. The van der Waals surface area contributed by atoms with Crippen molar-refractivity contribution in [3.05, 3.63) is 83.9 Å². The van der Waals surface area contributed by atoms with E-state index < -0.39 is 5.90 Å². The van der Waals surface area contributed by atoms with Crippen LogP contribution in [0.5, 0.6) is 5.75 Å². The van der Waals surface area contributed by atoms with Gasteiger partial charge in [0.25, 0.3) is 6.20 Å². The highest BCUT2D eigenvalue weighted by molar-refractivity contribution is 7.21. The molecule has 0 saturated heterocycles. The van der Waals surface area contributed by atoms with Gasteiger partial charge in [-0.2, -0.15) is 0 Å². The standard InChI is InChI=1S/C30H23N5O3S/c1-37-20-13-9-18(10-14-20)23-15-24(22-8-4-6-17-5-2-3-7-21(17)22)32-30-26(23)27(31)28(39-30)29(36)33-25-16-35(34-38-25)19-11-12-19/h2-10,13-16,19H,11-12H2,1H3,(H2-,31,33,34,36). The molecule has 1 fully saturated rings. The third kappa shape index (κ3) is 4.17. The molecule has 1 aliphatic rings. The summed E-state index contributed by atoms with van der Waals surface area (Å²) in [5.74, 6) is 0.423. The minimum Gasteiger partial charge on any atom is -0.857 e. The summed E-state index contributed by atoms with van der Waals surface area (Å²) in [7, 11) is 1.64. The third-order valence-electron chi connectivity index (χ3n) is 6.96. The van der Waals surface area contributed by atoms with Gasteiger partial charge in [-0.25, -0.2) is 9.98 Å². The largest absolute Gasteiger partial charge is 0.857 e. The molecule has 0 atom stereocenters. The number of nitrogens with two attached hydrogens (primary N) is 1. The van der Waals surface area contributed by atoms with Gasteiger partial charge in [-0.05, 0) is 44.8 Å². The number of hydrogen-bond acceptors (Lipinski definition) is 8. The number of nitrogens with zero attached hydrogens (tertiary/aromatic N) is 4. The number of aromatic nitrogens is 3. The average molecular weight is 534 g/mol. The fraction of sp³-hybridized carbons (Fsp3) is 0.133. The van der Waals surface area contributed by atoms with Crippen LogP contribution in [0.3, 0.4) is 0 Å². The van der Waals surface area contributed by atoms with Gasteiger partial charge in [-0.1, -0.05) is 54.6 Å². The molecule has 0 amide bonds. The first-order chi connectivity index (χ1) is 19.1. The minimum absolute atomic E-state index is 0.156. The van der Waals surface area contributed by atoms with Crippen molar-refractivity contribution in [1.82, 2.24) is 10.3 Å². The number of rotatable bonds is 6. The van der Waals surface area contributed by atoms with Gasteiger partial charge in [0, 0.05) is 29.7 Å². The van der Waals surface area contributed by atoms with Crippen molar-refractivity contribution < 1.29 is 19.0 Å². The molecule has 39 heavy (non-hydrogen) atoms. The molecule has 2 N–H and O–H groups in total. The molecular formula is C30H23N5O3S. The predicted octanol–water partition coefficient (Wildman–Crippen LogP) is 5.42. The SMILES string of the molecule is COc1ccc(-c2cc(-c3cccc4ccccc34)nc3sc(/C([O-])=N/c4c[n+](C5CC5)no4)c(N)c23)cc1. The number of pyridine rings is 1. The molecule has 3 aromatic heterocycles. The summed E-state index contributed by atoms with van der Waals surface area (Å²) < 4.78 is 12.3. The van der Waals surface area contributed by atoms with Gasteiger partial charge >= 0.3 is 5.88 Å². The Labute approximate surface area is 227 Å². The normalized spacial score (nSPS) is 13.8. The zero-order chi connectivity index (χ0) is 26.5. The molecule has 9 heteroatoms. The van der Waals surface area contributed by atoms with Crippen LogP contribution in [-0.4, -0.2) is 23.3 Å². The van der Waals surface area contributed by atoms with Crippen LogP contribution < -0.4 is 20.3 Å². The molecule has 0 unspecified atom stereocenters. The van der Waals surface area contributed by atoms with Crippen molar-refractivity contribution in [3.63, 3.8) is 0 Å². The zero-order valence-electron chi connectivity index (χ0n) is 21.0. The van der Waals surface area contributed by atoms with E-state index in [2.05, 4.69) is 34.5 Å². The van der Waals surface area contributed by atoms with Gasteiger partial charge in [0.2, 0.25) is 5.27 Å². The van der Waals surface area contributed by atoms with Crippen molar-refractivity contribution in [2.24, 2.45) is 4.99 Å². The number of methoxy groups -OCH3 is 1. The summed E-state index contributed by atoms with van der Waals surface area (Å²) in [6.45, 7) is 0. The summed E-state index contributed by atoms with van der Waals surface area (Å²) in [5, 5.41) is 20.2. The second-order valence-electron chi connectivity index (χ2n) is 9.50. The summed E-state index contributed by atoms with van der Waals surface area (Å²) in [6, 6.07) is 24.5. The average Bonchev–Trinajstić information content (AvgIpc) is 3.63. The quantitative estimate of drug-likeness (QED) is 0.174. The highest BCUT2D eigenvalue weighted by atomic mass is 32.1. The van der Waals surface area contributed by atoms with Crippen LogP contribution in [0.25, 0.3) is 43.4 Å².